The fraction of sp³-hybridized carbons (Fsp3) is 0.385. The molecular formula is C26H27N3O6. The molecular weight excluding hydrogens is 450 g/mol. The first-order chi connectivity index (χ1) is 16.6. The van der Waals surface area contributed by atoms with Gasteiger partial charge in [0.25, 0.3) is 5.56 Å². The maximum absolute atomic E-state index is 13.5. The molecule has 4 heterocycles. The van der Waals surface area contributed by atoms with Crippen molar-refractivity contribution in [1.29, 1.82) is 0 Å². The lowest BCUT2D eigenvalue weighted by molar-refractivity contribution is -0.172. The topological polar surface area (TPSA) is 112 Å². The molecule has 0 radical (unpaired) electrons. The highest BCUT2D eigenvalue weighted by Gasteiger charge is 2.45. The number of aromatic nitrogens is 2. The molecule has 1 atom stereocenters. The number of carbonyl (C=O) groups excluding carboxylic acids is 1. The predicted octanol–water partition coefficient (Wildman–Crippen LogP) is 3.24. The maximum atomic E-state index is 13.5. The molecule has 2 aliphatic heterocycles. The van der Waals surface area contributed by atoms with E-state index < -0.39 is 17.2 Å². The number of ether oxygens (including phenoxy) is 2. The zero-order valence-corrected chi connectivity index (χ0v) is 20.3. The van der Waals surface area contributed by atoms with Crippen LogP contribution in [-0.4, -0.2) is 39.6 Å². The number of methoxy groups -OCH3 is 1. The second kappa shape index (κ2) is 7.91. The molecule has 0 amide bonds. The van der Waals surface area contributed by atoms with Crippen LogP contribution in [0.15, 0.2) is 34.2 Å². The third-order valence-corrected chi connectivity index (χ3v) is 6.45. The van der Waals surface area contributed by atoms with Gasteiger partial charge in [0.05, 0.1) is 42.3 Å². The Hall–Kier alpha value is -3.72. The SMILES string of the molecule is CC[C@@]1(O)C(=O)OCc2c1cc1n(c2=O)Cc2c-1nc1ccc(OC)cc1c2C=NOC(C)(C)C. The predicted molar refractivity (Wildman–Crippen MR) is 130 cm³/mol. The number of rotatable bonds is 4. The average Bonchev–Trinajstić information content (AvgIpc) is 3.19. The van der Waals surface area contributed by atoms with E-state index in [1.165, 1.54) is 0 Å². The number of fused-ring (bicyclic) bond motifs is 5. The number of carbonyl (C=O) groups is 1. The van der Waals surface area contributed by atoms with Crippen molar-refractivity contribution >= 4 is 23.1 Å². The van der Waals surface area contributed by atoms with Crippen molar-refractivity contribution in [3.05, 3.63) is 56.9 Å². The third-order valence-electron chi connectivity index (χ3n) is 6.45. The molecule has 0 bridgehead atoms. The number of oxime groups is 1. The number of aliphatic hydroxyl groups is 1. The van der Waals surface area contributed by atoms with Crippen molar-refractivity contribution in [2.24, 2.45) is 5.16 Å². The number of hydrogen-bond donors (Lipinski definition) is 1. The standard InChI is InChI=1S/C26H27N3O6/c1-6-26(32)19-10-21-22-17(12-29(21)23(30)18(19)13-34-24(26)31)16(11-27-35-25(2,3)4)15-9-14(33-5)7-8-20(15)28-22/h7-11,32H,6,12-13H2,1-5H3/t26-/m0/s1. The Bertz CT molecular complexity index is 1470. The van der Waals surface area contributed by atoms with Gasteiger partial charge in [0.2, 0.25) is 0 Å². The van der Waals surface area contributed by atoms with Gasteiger partial charge in [0.15, 0.2) is 5.60 Å². The summed E-state index contributed by atoms with van der Waals surface area (Å²) in [6, 6.07) is 7.23. The molecule has 0 saturated heterocycles. The normalized spacial score (nSPS) is 18.9. The highest BCUT2D eigenvalue weighted by atomic mass is 16.6. The lowest BCUT2D eigenvalue weighted by Gasteiger charge is -2.31. The van der Waals surface area contributed by atoms with Crippen molar-refractivity contribution in [3.8, 4) is 17.1 Å². The number of pyridine rings is 2. The van der Waals surface area contributed by atoms with Gasteiger partial charge in [0.1, 0.15) is 18.0 Å². The Labute approximate surface area is 201 Å². The Morgan fingerprint density at radius 1 is 1.26 bits per heavy atom. The molecule has 1 aromatic carbocycles. The summed E-state index contributed by atoms with van der Waals surface area (Å²) in [5.74, 6) is -0.0850. The van der Waals surface area contributed by atoms with E-state index in [0.29, 0.717) is 22.7 Å². The van der Waals surface area contributed by atoms with Gasteiger partial charge < -0.3 is 24.0 Å². The number of esters is 1. The van der Waals surface area contributed by atoms with E-state index in [2.05, 4.69) is 5.16 Å². The van der Waals surface area contributed by atoms with E-state index >= 15 is 0 Å². The van der Waals surface area contributed by atoms with Gasteiger partial charge in [-0.3, -0.25) is 4.79 Å². The van der Waals surface area contributed by atoms with E-state index in [1.54, 1.807) is 30.9 Å². The van der Waals surface area contributed by atoms with Crippen molar-refractivity contribution in [2.75, 3.05) is 7.11 Å². The summed E-state index contributed by atoms with van der Waals surface area (Å²) in [4.78, 5) is 36.4. The quantitative estimate of drug-likeness (QED) is 0.273. The molecule has 1 N–H and O–H groups in total. The highest BCUT2D eigenvalue weighted by Crippen LogP contribution is 2.40. The minimum Gasteiger partial charge on any atom is -0.497 e. The monoisotopic (exact) mass is 477 g/mol. The molecule has 0 aliphatic carbocycles. The summed E-state index contributed by atoms with van der Waals surface area (Å²) in [6.45, 7) is 7.47. The minimum atomic E-state index is -1.87. The Balaban J connectivity index is 1.77. The van der Waals surface area contributed by atoms with E-state index in [4.69, 9.17) is 19.3 Å². The zero-order chi connectivity index (χ0) is 25.1. The van der Waals surface area contributed by atoms with Crippen LogP contribution in [0.5, 0.6) is 5.75 Å². The molecule has 0 unspecified atom stereocenters. The lowest BCUT2D eigenvalue weighted by Crippen LogP contribution is -2.44. The van der Waals surface area contributed by atoms with Crippen LogP contribution in [-0.2, 0) is 33.1 Å². The molecule has 35 heavy (non-hydrogen) atoms. The first-order valence-corrected chi connectivity index (χ1v) is 11.5. The number of benzene rings is 1. The summed E-state index contributed by atoms with van der Waals surface area (Å²) < 4.78 is 12.2. The Morgan fingerprint density at radius 2 is 2.03 bits per heavy atom. The average molecular weight is 478 g/mol. The van der Waals surface area contributed by atoms with Crippen LogP contribution >= 0.6 is 0 Å². The molecule has 5 rings (SSSR count). The second-order valence-corrected chi connectivity index (χ2v) is 9.78. The number of cyclic esters (lactones) is 1. The minimum absolute atomic E-state index is 0.0849. The van der Waals surface area contributed by atoms with Crippen LogP contribution in [0, 0.1) is 0 Å². The fourth-order valence-electron chi connectivity index (χ4n) is 4.60. The molecule has 3 aromatic rings. The summed E-state index contributed by atoms with van der Waals surface area (Å²) in [7, 11) is 1.59. The van der Waals surface area contributed by atoms with Crippen LogP contribution in [0.1, 0.15) is 56.4 Å². The Kier molecular flexibility index (Phi) is 5.21. The van der Waals surface area contributed by atoms with Crippen molar-refractivity contribution < 1.29 is 24.2 Å². The van der Waals surface area contributed by atoms with Crippen LogP contribution in [0.2, 0.25) is 0 Å². The molecule has 9 heteroatoms. The maximum Gasteiger partial charge on any atom is 0.343 e. The summed E-state index contributed by atoms with van der Waals surface area (Å²) in [6.07, 6.45) is 1.72. The lowest BCUT2D eigenvalue weighted by atomic mass is 9.86. The molecule has 0 spiro atoms. The van der Waals surface area contributed by atoms with E-state index in [-0.39, 0.29) is 36.3 Å². The van der Waals surface area contributed by atoms with Gasteiger partial charge in [-0.25, -0.2) is 9.78 Å². The van der Waals surface area contributed by atoms with Crippen LogP contribution in [0.3, 0.4) is 0 Å². The molecule has 9 nitrogen and oxygen atoms in total. The summed E-state index contributed by atoms with van der Waals surface area (Å²) >= 11 is 0. The van der Waals surface area contributed by atoms with Gasteiger partial charge in [-0.05, 0) is 51.5 Å². The highest BCUT2D eigenvalue weighted by molar-refractivity contribution is 6.02. The van der Waals surface area contributed by atoms with Crippen molar-refractivity contribution in [3.63, 3.8) is 0 Å². The van der Waals surface area contributed by atoms with Gasteiger partial charge in [0, 0.05) is 22.1 Å². The van der Waals surface area contributed by atoms with E-state index in [9.17, 15) is 14.7 Å². The summed E-state index contributed by atoms with van der Waals surface area (Å²) in [5, 5.41) is 16.1. The van der Waals surface area contributed by atoms with Crippen molar-refractivity contribution in [2.45, 2.75) is 58.5 Å². The van der Waals surface area contributed by atoms with E-state index in [0.717, 1.165) is 16.5 Å². The van der Waals surface area contributed by atoms with Gasteiger partial charge >= 0.3 is 5.97 Å². The van der Waals surface area contributed by atoms with Gasteiger partial charge in [-0.2, -0.15) is 0 Å². The molecule has 0 saturated carbocycles. The van der Waals surface area contributed by atoms with Crippen LogP contribution < -0.4 is 10.3 Å². The molecule has 0 fully saturated rings. The number of nitrogens with zero attached hydrogens (tertiary/aromatic N) is 3. The first-order valence-electron chi connectivity index (χ1n) is 11.5. The first kappa shape index (κ1) is 23.0. The smallest absolute Gasteiger partial charge is 0.343 e. The Morgan fingerprint density at radius 3 is 2.71 bits per heavy atom. The van der Waals surface area contributed by atoms with Crippen LogP contribution in [0.25, 0.3) is 22.3 Å². The third kappa shape index (κ3) is 3.58. The largest absolute Gasteiger partial charge is 0.497 e. The zero-order valence-electron chi connectivity index (χ0n) is 20.3. The van der Waals surface area contributed by atoms with Gasteiger partial charge in [-0.1, -0.05) is 12.1 Å². The molecule has 182 valence electrons. The van der Waals surface area contributed by atoms with Gasteiger partial charge in [-0.15, -0.1) is 0 Å². The molecule has 2 aromatic heterocycles. The summed E-state index contributed by atoms with van der Waals surface area (Å²) in [5.41, 5.74) is 1.26. The van der Waals surface area contributed by atoms with Crippen LogP contribution in [0.4, 0.5) is 0 Å². The fourth-order valence-corrected chi connectivity index (χ4v) is 4.60. The second-order valence-electron chi connectivity index (χ2n) is 9.78. The van der Waals surface area contributed by atoms with E-state index in [1.807, 2.05) is 39.0 Å². The molecule has 2 aliphatic rings. The van der Waals surface area contributed by atoms with Crippen molar-refractivity contribution in [1.82, 2.24) is 9.55 Å². The number of hydrogen-bond acceptors (Lipinski definition) is 8.